The van der Waals surface area contributed by atoms with Gasteiger partial charge in [-0.25, -0.2) is 14.6 Å². The number of ether oxygens (including phenoxy) is 2. The molecule has 1 fully saturated rings. The highest BCUT2D eigenvalue weighted by atomic mass is 35.5. The van der Waals surface area contributed by atoms with E-state index < -0.39 is 34.8 Å². The van der Waals surface area contributed by atoms with Crippen molar-refractivity contribution in [3.05, 3.63) is 0 Å². The van der Waals surface area contributed by atoms with E-state index in [1.165, 1.54) is 0 Å². The molecular formula is C15H24ClN3O4. The van der Waals surface area contributed by atoms with Crippen LogP contribution in [0.25, 0.3) is 0 Å². The second kappa shape index (κ2) is 6.83. The molecule has 0 saturated carbocycles. The Morgan fingerprint density at radius 2 is 1.57 bits per heavy atom. The Morgan fingerprint density at radius 1 is 1.09 bits per heavy atom. The average molecular weight is 346 g/mol. The van der Waals surface area contributed by atoms with Crippen LogP contribution < -0.4 is 0 Å². The lowest BCUT2D eigenvalue weighted by Gasteiger charge is -2.43. The maximum atomic E-state index is 12.4. The van der Waals surface area contributed by atoms with Crippen molar-refractivity contribution in [2.24, 2.45) is 0 Å². The van der Waals surface area contributed by atoms with Gasteiger partial charge in [0.2, 0.25) is 0 Å². The Labute approximate surface area is 142 Å². The van der Waals surface area contributed by atoms with E-state index >= 15 is 0 Å². The van der Waals surface area contributed by atoms with Gasteiger partial charge < -0.3 is 9.47 Å². The molecule has 1 aliphatic heterocycles. The molecule has 1 saturated heterocycles. The van der Waals surface area contributed by atoms with Crippen molar-refractivity contribution in [3.63, 3.8) is 0 Å². The summed E-state index contributed by atoms with van der Waals surface area (Å²) in [4.78, 5) is 24.8. The zero-order chi connectivity index (χ0) is 18.0. The minimum Gasteiger partial charge on any atom is -0.442 e. The Balaban J connectivity index is 3.08. The third kappa shape index (κ3) is 5.79. The van der Waals surface area contributed by atoms with E-state index in [1.807, 2.05) is 6.07 Å². The fraction of sp³-hybridized carbons (Fsp3) is 0.800. The van der Waals surface area contributed by atoms with Crippen LogP contribution in [0.1, 0.15) is 48.0 Å². The second-order valence-corrected chi connectivity index (χ2v) is 7.98. The molecule has 8 heteroatoms. The molecule has 0 unspecified atom stereocenters. The van der Waals surface area contributed by atoms with Gasteiger partial charge in [-0.3, -0.25) is 0 Å². The number of alkyl halides is 1. The summed E-state index contributed by atoms with van der Waals surface area (Å²) in [5.74, 6) is 0. The minimum absolute atomic E-state index is 0.0634. The summed E-state index contributed by atoms with van der Waals surface area (Å²) < 4.78 is 10.6. The second-order valence-electron chi connectivity index (χ2n) is 7.37. The Morgan fingerprint density at radius 3 is 2.00 bits per heavy atom. The fourth-order valence-electron chi connectivity index (χ4n) is 1.98. The van der Waals surface area contributed by atoms with Gasteiger partial charge in [-0.2, -0.15) is 10.3 Å². The van der Waals surface area contributed by atoms with Gasteiger partial charge in [0.25, 0.3) is 0 Å². The van der Waals surface area contributed by atoms with Crippen molar-refractivity contribution in [2.75, 3.05) is 6.54 Å². The first kappa shape index (κ1) is 19.4. The maximum Gasteiger partial charge on any atom is 0.430 e. The quantitative estimate of drug-likeness (QED) is 0.629. The molecule has 0 aromatic rings. The summed E-state index contributed by atoms with van der Waals surface area (Å²) in [5, 5.41) is 10.9. The van der Waals surface area contributed by atoms with Crippen LogP contribution in [0.15, 0.2) is 0 Å². The molecule has 1 heterocycles. The predicted molar refractivity (Wildman–Crippen MR) is 84.7 cm³/mol. The lowest BCUT2D eigenvalue weighted by Crippen LogP contribution is -2.61. The third-order valence-electron chi connectivity index (χ3n) is 2.74. The van der Waals surface area contributed by atoms with Gasteiger partial charge in [0.15, 0.2) is 0 Å². The molecule has 2 atom stereocenters. The summed E-state index contributed by atoms with van der Waals surface area (Å²) in [6.07, 6.45) is -1.27. The molecule has 0 spiro atoms. The molecule has 1 rings (SSSR count). The van der Waals surface area contributed by atoms with Crippen molar-refractivity contribution in [3.8, 4) is 6.07 Å². The maximum absolute atomic E-state index is 12.4. The summed E-state index contributed by atoms with van der Waals surface area (Å²) >= 11 is 6.12. The van der Waals surface area contributed by atoms with Gasteiger partial charge in [-0.1, -0.05) is 0 Å². The van der Waals surface area contributed by atoms with Crippen molar-refractivity contribution in [1.82, 2.24) is 10.0 Å². The van der Waals surface area contributed by atoms with E-state index in [4.69, 9.17) is 21.1 Å². The first-order valence-electron chi connectivity index (χ1n) is 7.40. The normalized spacial score (nSPS) is 22.3. The van der Waals surface area contributed by atoms with E-state index in [0.29, 0.717) is 0 Å². The first-order valence-corrected chi connectivity index (χ1v) is 7.84. The molecule has 2 amide bonds. The number of amides is 2. The van der Waals surface area contributed by atoms with Gasteiger partial charge in [0, 0.05) is 6.42 Å². The van der Waals surface area contributed by atoms with Gasteiger partial charge >= 0.3 is 12.2 Å². The zero-order valence-corrected chi connectivity index (χ0v) is 15.2. The SMILES string of the molecule is CC(C)(C)OC(=O)N1C[C@H](Cl)C[C@@H](C#N)N1C(=O)OC(C)(C)C. The molecule has 130 valence electrons. The molecule has 0 aromatic heterocycles. The fourth-order valence-corrected chi connectivity index (χ4v) is 2.28. The average Bonchev–Trinajstić information content (AvgIpc) is 2.33. The van der Waals surface area contributed by atoms with Crippen LogP contribution in [0, 0.1) is 11.3 Å². The summed E-state index contributed by atoms with van der Waals surface area (Å²) in [6.45, 7) is 10.3. The largest absolute Gasteiger partial charge is 0.442 e. The van der Waals surface area contributed by atoms with E-state index in [0.717, 1.165) is 10.0 Å². The Hall–Kier alpha value is -1.68. The lowest BCUT2D eigenvalue weighted by atomic mass is 10.1. The molecule has 0 radical (unpaired) electrons. The number of halogens is 1. The van der Waals surface area contributed by atoms with E-state index in [9.17, 15) is 14.9 Å². The molecule has 7 nitrogen and oxygen atoms in total. The molecule has 0 aliphatic carbocycles. The topological polar surface area (TPSA) is 82.9 Å². The number of nitriles is 1. The summed E-state index contributed by atoms with van der Waals surface area (Å²) in [6, 6.07) is 1.10. The van der Waals surface area contributed by atoms with Crippen LogP contribution in [-0.4, -0.2) is 51.4 Å². The minimum atomic E-state index is -0.895. The molecule has 0 aromatic carbocycles. The van der Waals surface area contributed by atoms with Gasteiger partial charge in [0.1, 0.15) is 17.2 Å². The molecule has 0 N–H and O–H groups in total. The molecule has 1 aliphatic rings. The van der Waals surface area contributed by atoms with E-state index in [2.05, 4.69) is 0 Å². The Kier molecular flexibility index (Phi) is 5.75. The highest BCUT2D eigenvalue weighted by Gasteiger charge is 2.43. The highest BCUT2D eigenvalue weighted by Crippen LogP contribution is 2.26. The van der Waals surface area contributed by atoms with Crippen molar-refractivity contribution >= 4 is 23.8 Å². The zero-order valence-electron chi connectivity index (χ0n) is 14.4. The number of rotatable bonds is 0. The standard InChI is InChI=1S/C15H24ClN3O4/c1-14(2,3)22-12(20)18-9-10(16)7-11(8-17)19(18)13(21)23-15(4,5)6/h10-11H,7,9H2,1-6H3/t10-,11+/m1/s1. The van der Waals surface area contributed by atoms with Crippen LogP contribution in [0.2, 0.25) is 0 Å². The monoisotopic (exact) mass is 345 g/mol. The summed E-state index contributed by atoms with van der Waals surface area (Å²) in [7, 11) is 0. The van der Waals surface area contributed by atoms with Crippen molar-refractivity contribution in [2.45, 2.75) is 70.6 Å². The van der Waals surface area contributed by atoms with Gasteiger partial charge in [-0.15, -0.1) is 11.6 Å². The van der Waals surface area contributed by atoms with Crippen LogP contribution in [0.3, 0.4) is 0 Å². The third-order valence-corrected chi connectivity index (χ3v) is 3.06. The van der Waals surface area contributed by atoms with Crippen molar-refractivity contribution < 1.29 is 19.1 Å². The molecule has 0 bridgehead atoms. The number of carbonyl (C=O) groups excluding carboxylic acids is 2. The lowest BCUT2D eigenvalue weighted by molar-refractivity contribution is -0.0841. The van der Waals surface area contributed by atoms with Crippen LogP contribution in [0.5, 0.6) is 0 Å². The van der Waals surface area contributed by atoms with Crippen LogP contribution in [0.4, 0.5) is 9.59 Å². The number of hydrogen-bond acceptors (Lipinski definition) is 5. The first-order chi connectivity index (χ1) is 10.3. The number of hydrogen-bond donors (Lipinski definition) is 0. The Bertz CT molecular complexity index is 504. The van der Waals surface area contributed by atoms with Crippen LogP contribution in [-0.2, 0) is 9.47 Å². The summed E-state index contributed by atoms with van der Waals surface area (Å²) in [5.41, 5.74) is -1.49. The van der Waals surface area contributed by atoms with Gasteiger partial charge in [-0.05, 0) is 41.5 Å². The smallest absolute Gasteiger partial charge is 0.430 e. The predicted octanol–water partition coefficient (Wildman–Crippen LogP) is 3.28. The molecular weight excluding hydrogens is 322 g/mol. The highest BCUT2D eigenvalue weighted by molar-refractivity contribution is 6.21. The van der Waals surface area contributed by atoms with E-state index in [-0.39, 0.29) is 13.0 Å². The van der Waals surface area contributed by atoms with Crippen molar-refractivity contribution in [1.29, 1.82) is 5.26 Å². The van der Waals surface area contributed by atoms with Gasteiger partial charge in [0.05, 0.1) is 18.0 Å². The van der Waals surface area contributed by atoms with E-state index in [1.54, 1.807) is 41.5 Å². The van der Waals surface area contributed by atoms with Crippen LogP contribution >= 0.6 is 11.6 Å². The number of carbonyl (C=O) groups is 2. The number of nitrogens with zero attached hydrogens (tertiary/aromatic N) is 3. The number of hydrazine groups is 1. The molecule has 23 heavy (non-hydrogen) atoms.